The fourth-order valence-electron chi connectivity index (χ4n) is 2.86. The predicted octanol–water partition coefficient (Wildman–Crippen LogP) is 2.65. The number of nitrogen functional groups attached to an aromatic ring is 1. The molecule has 0 aliphatic rings. The van der Waals surface area contributed by atoms with Gasteiger partial charge in [0.25, 0.3) is 0 Å². The number of nitrogens with two attached hydrogens (primary N) is 1. The van der Waals surface area contributed by atoms with E-state index in [2.05, 4.69) is 5.32 Å². The molecule has 2 aromatic carbocycles. The Morgan fingerprint density at radius 2 is 1.73 bits per heavy atom. The highest BCUT2D eigenvalue weighted by atomic mass is 16.6. The van der Waals surface area contributed by atoms with Gasteiger partial charge in [0.1, 0.15) is 19.3 Å². The van der Waals surface area contributed by atoms with Gasteiger partial charge >= 0.3 is 18.0 Å². The number of esters is 2. The van der Waals surface area contributed by atoms with Gasteiger partial charge < -0.3 is 25.3 Å². The molecular formula is C22H26N2O6. The van der Waals surface area contributed by atoms with Gasteiger partial charge in [-0.05, 0) is 35.2 Å². The molecule has 1 atom stereocenters. The molecule has 2 rings (SSSR count). The van der Waals surface area contributed by atoms with Gasteiger partial charge in [-0.3, -0.25) is 4.79 Å². The summed E-state index contributed by atoms with van der Waals surface area (Å²) in [5, 5.41) is 2.54. The van der Waals surface area contributed by atoms with Crippen LogP contribution in [0, 0.1) is 6.92 Å². The van der Waals surface area contributed by atoms with Crippen LogP contribution >= 0.6 is 0 Å². The average molecular weight is 414 g/mol. The minimum atomic E-state index is -0.989. The zero-order valence-corrected chi connectivity index (χ0v) is 17.3. The van der Waals surface area contributed by atoms with Crippen molar-refractivity contribution >= 4 is 23.7 Å². The van der Waals surface area contributed by atoms with Gasteiger partial charge in [-0.25, -0.2) is 9.59 Å². The predicted molar refractivity (Wildman–Crippen MR) is 110 cm³/mol. The van der Waals surface area contributed by atoms with Crippen LogP contribution in [0.3, 0.4) is 0 Å². The molecule has 8 heteroatoms. The normalized spacial score (nSPS) is 11.3. The molecule has 0 aromatic heterocycles. The molecule has 0 bridgehead atoms. The number of methoxy groups -OCH3 is 1. The number of hydrogen-bond donors (Lipinski definition) is 2. The van der Waals surface area contributed by atoms with E-state index in [1.54, 1.807) is 19.1 Å². The lowest BCUT2D eigenvalue weighted by molar-refractivity contribution is -0.143. The molecule has 8 nitrogen and oxygen atoms in total. The van der Waals surface area contributed by atoms with Gasteiger partial charge in [0.05, 0.1) is 7.11 Å². The first-order valence-electron chi connectivity index (χ1n) is 9.37. The Hall–Kier alpha value is -3.55. The summed E-state index contributed by atoms with van der Waals surface area (Å²) in [7, 11) is 1.24. The lowest BCUT2D eigenvalue weighted by Crippen LogP contribution is -2.43. The fourth-order valence-corrected chi connectivity index (χ4v) is 2.86. The number of anilines is 1. The highest BCUT2D eigenvalue weighted by molar-refractivity contribution is 5.81. The van der Waals surface area contributed by atoms with Crippen molar-refractivity contribution in [2.45, 2.75) is 39.5 Å². The highest BCUT2D eigenvalue weighted by Crippen LogP contribution is 2.23. The molecule has 1 unspecified atom stereocenters. The average Bonchev–Trinajstić information content (AvgIpc) is 2.74. The lowest BCUT2D eigenvalue weighted by atomic mass is 9.95. The van der Waals surface area contributed by atoms with Crippen LogP contribution in [0.15, 0.2) is 42.5 Å². The second kappa shape index (κ2) is 10.8. The van der Waals surface area contributed by atoms with E-state index in [1.807, 2.05) is 30.3 Å². The molecule has 0 heterocycles. The molecule has 30 heavy (non-hydrogen) atoms. The summed E-state index contributed by atoms with van der Waals surface area (Å²) in [6.07, 6.45) is -0.631. The van der Waals surface area contributed by atoms with E-state index in [0.717, 1.165) is 11.1 Å². The van der Waals surface area contributed by atoms with Gasteiger partial charge in [-0.2, -0.15) is 0 Å². The number of nitrogens with one attached hydrogen (secondary N) is 1. The molecule has 0 aliphatic carbocycles. The number of carbonyl (C=O) groups excluding carboxylic acids is 3. The zero-order chi connectivity index (χ0) is 22.1. The maximum Gasteiger partial charge on any atom is 0.408 e. The highest BCUT2D eigenvalue weighted by Gasteiger charge is 2.25. The first-order valence-corrected chi connectivity index (χ1v) is 9.37. The van der Waals surface area contributed by atoms with Crippen LogP contribution in [0.25, 0.3) is 0 Å². The topological polar surface area (TPSA) is 117 Å². The number of rotatable bonds is 8. The summed E-state index contributed by atoms with van der Waals surface area (Å²) >= 11 is 0. The van der Waals surface area contributed by atoms with Crippen molar-refractivity contribution in [1.82, 2.24) is 5.32 Å². The Balaban J connectivity index is 2.14. The SMILES string of the molecule is COC(=O)C(Cc1ccc(N)c(C)c1COC(C)=O)NC(=O)OCc1ccccc1. The van der Waals surface area contributed by atoms with Gasteiger partial charge in [0.2, 0.25) is 0 Å². The standard InChI is InChI=1S/C22H26N2O6/c1-14-18(13-29-15(2)25)17(9-10-19(14)23)11-20(21(26)28-3)24-22(27)30-12-16-7-5-4-6-8-16/h4-10,20H,11-13,23H2,1-3H3,(H,24,27). The molecule has 0 saturated carbocycles. The molecule has 0 fully saturated rings. The van der Waals surface area contributed by atoms with Crippen molar-refractivity contribution in [2.75, 3.05) is 12.8 Å². The number of ether oxygens (including phenoxy) is 3. The van der Waals surface area contributed by atoms with Crippen molar-refractivity contribution in [3.8, 4) is 0 Å². The van der Waals surface area contributed by atoms with Crippen LogP contribution in [0.1, 0.15) is 29.2 Å². The van der Waals surface area contributed by atoms with E-state index in [0.29, 0.717) is 16.8 Å². The number of amides is 1. The smallest absolute Gasteiger partial charge is 0.408 e. The summed E-state index contributed by atoms with van der Waals surface area (Å²) in [6.45, 7) is 3.18. The lowest BCUT2D eigenvalue weighted by Gasteiger charge is -2.20. The van der Waals surface area contributed by atoms with Crippen molar-refractivity contribution in [3.63, 3.8) is 0 Å². The summed E-state index contributed by atoms with van der Waals surface area (Å²) in [6, 6.07) is 11.6. The third-order valence-electron chi connectivity index (χ3n) is 4.57. The Kier molecular flexibility index (Phi) is 8.22. The monoisotopic (exact) mass is 414 g/mol. The molecule has 0 radical (unpaired) electrons. The van der Waals surface area contributed by atoms with E-state index >= 15 is 0 Å². The summed E-state index contributed by atoms with van der Waals surface area (Å²) in [4.78, 5) is 35.7. The van der Waals surface area contributed by atoms with Crippen LogP contribution in [-0.4, -0.2) is 31.2 Å². The van der Waals surface area contributed by atoms with Gasteiger partial charge in [0, 0.05) is 19.0 Å². The Morgan fingerprint density at radius 1 is 1.03 bits per heavy atom. The van der Waals surface area contributed by atoms with E-state index in [4.69, 9.17) is 19.9 Å². The quantitative estimate of drug-likeness (QED) is 0.387. The van der Waals surface area contributed by atoms with Gasteiger partial charge in [-0.1, -0.05) is 36.4 Å². The third-order valence-corrected chi connectivity index (χ3v) is 4.57. The Labute approximate surface area is 175 Å². The first kappa shape index (κ1) is 22.7. The van der Waals surface area contributed by atoms with Gasteiger partial charge in [-0.15, -0.1) is 0 Å². The number of carbonyl (C=O) groups is 3. The van der Waals surface area contributed by atoms with E-state index in [-0.39, 0.29) is 19.6 Å². The van der Waals surface area contributed by atoms with Crippen molar-refractivity contribution in [2.24, 2.45) is 0 Å². The molecule has 0 aliphatic heterocycles. The van der Waals surface area contributed by atoms with Crippen LogP contribution in [0.5, 0.6) is 0 Å². The number of benzene rings is 2. The largest absolute Gasteiger partial charge is 0.467 e. The Morgan fingerprint density at radius 3 is 2.37 bits per heavy atom. The minimum Gasteiger partial charge on any atom is -0.467 e. The van der Waals surface area contributed by atoms with Crippen LogP contribution in [0.4, 0.5) is 10.5 Å². The maximum atomic E-state index is 12.3. The second-order valence-corrected chi connectivity index (χ2v) is 6.68. The number of hydrogen-bond acceptors (Lipinski definition) is 7. The van der Waals surface area contributed by atoms with Crippen molar-refractivity contribution < 1.29 is 28.6 Å². The molecule has 1 amide bonds. The van der Waals surface area contributed by atoms with E-state index in [1.165, 1.54) is 14.0 Å². The summed E-state index contributed by atoms with van der Waals surface area (Å²) in [5.41, 5.74) is 9.43. The summed E-state index contributed by atoms with van der Waals surface area (Å²) < 4.78 is 15.1. The van der Waals surface area contributed by atoms with Crippen LogP contribution in [-0.2, 0) is 43.4 Å². The van der Waals surface area contributed by atoms with Crippen LogP contribution < -0.4 is 11.1 Å². The molecule has 160 valence electrons. The van der Waals surface area contributed by atoms with E-state index in [9.17, 15) is 14.4 Å². The minimum absolute atomic E-state index is 0.00782. The Bertz CT molecular complexity index is 898. The number of alkyl carbamates (subject to hydrolysis) is 1. The molecule has 2 aromatic rings. The second-order valence-electron chi connectivity index (χ2n) is 6.68. The zero-order valence-electron chi connectivity index (χ0n) is 17.3. The maximum absolute atomic E-state index is 12.3. The van der Waals surface area contributed by atoms with Gasteiger partial charge in [0.15, 0.2) is 0 Å². The molecule has 3 N–H and O–H groups in total. The molecule has 0 spiro atoms. The third kappa shape index (κ3) is 6.51. The first-order chi connectivity index (χ1) is 14.3. The van der Waals surface area contributed by atoms with Crippen molar-refractivity contribution in [3.05, 3.63) is 64.7 Å². The van der Waals surface area contributed by atoms with E-state index < -0.39 is 24.1 Å². The molecular weight excluding hydrogens is 388 g/mol. The fraction of sp³-hybridized carbons (Fsp3) is 0.318. The van der Waals surface area contributed by atoms with Crippen LogP contribution in [0.2, 0.25) is 0 Å². The molecule has 0 saturated heterocycles. The summed E-state index contributed by atoms with van der Waals surface area (Å²) in [5.74, 6) is -1.06. The van der Waals surface area contributed by atoms with Crippen molar-refractivity contribution in [1.29, 1.82) is 0 Å².